The van der Waals surface area contributed by atoms with Crippen LogP contribution in [0.1, 0.15) is 59.8 Å². The average Bonchev–Trinajstić information content (AvgIpc) is 3.30. The van der Waals surface area contributed by atoms with Crippen LogP contribution in [0.15, 0.2) is 65.1 Å². The number of amides is 2. The van der Waals surface area contributed by atoms with Crippen LogP contribution in [0.5, 0.6) is 5.75 Å². The van der Waals surface area contributed by atoms with Crippen LogP contribution in [0.3, 0.4) is 0 Å². The molecule has 2 amide bonds. The minimum atomic E-state index is -0.223. The molecule has 0 fully saturated rings. The third-order valence-corrected chi connectivity index (χ3v) is 5.80. The average molecular weight is 447 g/mol. The lowest BCUT2D eigenvalue weighted by Crippen LogP contribution is -2.39. The Balaban J connectivity index is 1.51. The summed E-state index contributed by atoms with van der Waals surface area (Å²) in [6, 6.07) is 19.4. The third-order valence-electron chi connectivity index (χ3n) is 5.80. The van der Waals surface area contributed by atoms with Crippen molar-refractivity contribution in [3.05, 3.63) is 88.9 Å². The van der Waals surface area contributed by atoms with E-state index in [0.29, 0.717) is 30.5 Å². The zero-order valence-electron chi connectivity index (χ0n) is 19.3. The van der Waals surface area contributed by atoms with Crippen molar-refractivity contribution in [3.8, 4) is 5.75 Å². The summed E-state index contributed by atoms with van der Waals surface area (Å²) in [6.45, 7) is 7.20. The maximum Gasteiger partial charge on any atom is 0.287 e. The Kier molecular flexibility index (Phi) is 6.82. The third kappa shape index (κ3) is 5.28. The van der Waals surface area contributed by atoms with Gasteiger partial charge in [0.15, 0.2) is 5.76 Å². The predicted molar refractivity (Wildman–Crippen MR) is 126 cm³/mol. The number of nitrogens with zero attached hydrogens (tertiary/aromatic N) is 1. The summed E-state index contributed by atoms with van der Waals surface area (Å²) in [5, 5.41) is 2.85. The number of carbonyl (C=O) groups is 2. The van der Waals surface area contributed by atoms with Crippen molar-refractivity contribution in [2.75, 3.05) is 13.1 Å². The second-order valence-corrected chi connectivity index (χ2v) is 8.79. The van der Waals surface area contributed by atoms with E-state index in [-0.39, 0.29) is 30.2 Å². The van der Waals surface area contributed by atoms with Gasteiger partial charge in [0, 0.05) is 20.0 Å². The number of benzene rings is 2. The fraction of sp³-hybridized carbons (Fsp3) is 0.333. The van der Waals surface area contributed by atoms with Crippen molar-refractivity contribution >= 4 is 11.8 Å². The molecular weight excluding hydrogens is 416 g/mol. The molecule has 0 aliphatic carbocycles. The first-order valence-electron chi connectivity index (χ1n) is 11.4. The lowest BCUT2D eigenvalue weighted by Gasteiger charge is -2.37. The molecule has 0 saturated carbocycles. The number of hydrogen-bond donors (Lipinski definition) is 1. The smallest absolute Gasteiger partial charge is 0.287 e. The van der Waals surface area contributed by atoms with E-state index in [1.807, 2.05) is 49.1 Å². The molecule has 1 unspecified atom stereocenters. The molecule has 33 heavy (non-hydrogen) atoms. The van der Waals surface area contributed by atoms with Crippen LogP contribution in [0.4, 0.5) is 0 Å². The molecule has 0 bridgehead atoms. The Morgan fingerprint density at radius 2 is 1.91 bits per heavy atom. The zero-order valence-corrected chi connectivity index (χ0v) is 19.3. The summed E-state index contributed by atoms with van der Waals surface area (Å²) >= 11 is 0. The lowest BCUT2D eigenvalue weighted by atomic mass is 9.88. The molecule has 1 atom stereocenters. The van der Waals surface area contributed by atoms with Gasteiger partial charge in [0.05, 0.1) is 6.04 Å². The predicted octanol–water partition coefficient (Wildman–Crippen LogP) is 4.74. The SMILES string of the molecule is CC(=O)N1CCc2ccc(OCc3ccc(C(=O)NCC(C)C)o3)cc2C1c1ccccc1. The van der Waals surface area contributed by atoms with E-state index in [4.69, 9.17) is 9.15 Å². The normalized spacial score (nSPS) is 15.3. The second kappa shape index (κ2) is 9.94. The van der Waals surface area contributed by atoms with E-state index in [2.05, 4.69) is 23.5 Å². The summed E-state index contributed by atoms with van der Waals surface area (Å²) in [4.78, 5) is 26.5. The van der Waals surface area contributed by atoms with Gasteiger partial charge in [-0.25, -0.2) is 0 Å². The molecule has 172 valence electrons. The standard InChI is InChI=1S/C27H30N2O4/c1-18(2)16-28-27(31)25-12-11-23(33-25)17-32-22-10-9-20-13-14-29(19(3)30)26(24(20)15-22)21-7-5-4-6-8-21/h4-12,15,18,26H,13-14,16-17H2,1-3H3,(H,28,31). The second-order valence-electron chi connectivity index (χ2n) is 8.79. The van der Waals surface area contributed by atoms with Crippen molar-refractivity contribution in [2.45, 2.75) is 39.8 Å². The maximum atomic E-state index is 12.4. The maximum absolute atomic E-state index is 12.4. The first-order chi connectivity index (χ1) is 15.9. The van der Waals surface area contributed by atoms with Crippen molar-refractivity contribution in [2.24, 2.45) is 5.92 Å². The summed E-state index contributed by atoms with van der Waals surface area (Å²) in [5.41, 5.74) is 3.37. The van der Waals surface area contributed by atoms with Crippen LogP contribution in [0, 0.1) is 5.92 Å². The molecule has 1 aliphatic heterocycles. The molecule has 0 radical (unpaired) electrons. The number of furan rings is 1. The van der Waals surface area contributed by atoms with E-state index >= 15 is 0 Å². The topological polar surface area (TPSA) is 71.8 Å². The molecule has 1 aromatic heterocycles. The highest BCUT2D eigenvalue weighted by molar-refractivity contribution is 5.91. The van der Waals surface area contributed by atoms with Gasteiger partial charge in [-0.05, 0) is 53.3 Å². The van der Waals surface area contributed by atoms with Crippen molar-refractivity contribution < 1.29 is 18.7 Å². The van der Waals surface area contributed by atoms with E-state index in [0.717, 1.165) is 17.5 Å². The van der Waals surface area contributed by atoms with Crippen LogP contribution < -0.4 is 10.1 Å². The molecule has 1 N–H and O–H groups in total. The van der Waals surface area contributed by atoms with Gasteiger partial charge in [-0.3, -0.25) is 9.59 Å². The molecule has 0 saturated heterocycles. The monoisotopic (exact) mass is 446 g/mol. The summed E-state index contributed by atoms with van der Waals surface area (Å²) < 4.78 is 11.7. The molecule has 2 aromatic carbocycles. The number of rotatable bonds is 7. The van der Waals surface area contributed by atoms with Crippen LogP contribution in [0.25, 0.3) is 0 Å². The summed E-state index contributed by atoms with van der Waals surface area (Å²) in [7, 11) is 0. The van der Waals surface area contributed by atoms with Gasteiger partial charge in [-0.15, -0.1) is 0 Å². The van der Waals surface area contributed by atoms with Crippen molar-refractivity contribution in [3.63, 3.8) is 0 Å². The lowest BCUT2D eigenvalue weighted by molar-refractivity contribution is -0.130. The molecule has 6 heteroatoms. The fourth-order valence-corrected chi connectivity index (χ4v) is 4.13. The Hall–Kier alpha value is -3.54. The number of fused-ring (bicyclic) bond motifs is 1. The quantitative estimate of drug-likeness (QED) is 0.569. The van der Waals surface area contributed by atoms with Crippen molar-refractivity contribution in [1.82, 2.24) is 10.2 Å². The first-order valence-corrected chi connectivity index (χ1v) is 11.4. The largest absolute Gasteiger partial charge is 0.486 e. The fourth-order valence-electron chi connectivity index (χ4n) is 4.13. The van der Waals surface area contributed by atoms with Gasteiger partial charge in [0.25, 0.3) is 5.91 Å². The zero-order chi connectivity index (χ0) is 23.4. The molecular formula is C27H30N2O4. The number of ether oxygens (including phenoxy) is 1. The van der Waals surface area contributed by atoms with E-state index < -0.39 is 0 Å². The Labute approximate surface area is 194 Å². The van der Waals surface area contributed by atoms with Gasteiger partial charge in [-0.2, -0.15) is 0 Å². The van der Waals surface area contributed by atoms with Gasteiger partial charge in [-0.1, -0.05) is 50.2 Å². The summed E-state index contributed by atoms with van der Waals surface area (Å²) in [6.07, 6.45) is 0.811. The van der Waals surface area contributed by atoms with Gasteiger partial charge in [0.1, 0.15) is 18.1 Å². The van der Waals surface area contributed by atoms with Crippen molar-refractivity contribution in [1.29, 1.82) is 0 Å². The highest BCUT2D eigenvalue weighted by Gasteiger charge is 2.30. The molecule has 2 heterocycles. The minimum absolute atomic E-state index is 0.0553. The number of carbonyl (C=O) groups excluding carboxylic acids is 2. The van der Waals surface area contributed by atoms with Crippen LogP contribution >= 0.6 is 0 Å². The van der Waals surface area contributed by atoms with Crippen LogP contribution in [-0.2, 0) is 17.8 Å². The van der Waals surface area contributed by atoms with Gasteiger partial charge in [0.2, 0.25) is 5.91 Å². The van der Waals surface area contributed by atoms with Gasteiger partial charge < -0.3 is 19.4 Å². The highest BCUT2D eigenvalue weighted by Crippen LogP contribution is 2.37. The number of hydrogen-bond acceptors (Lipinski definition) is 4. The Bertz CT molecular complexity index is 1120. The first kappa shape index (κ1) is 22.6. The summed E-state index contributed by atoms with van der Waals surface area (Å²) in [5.74, 6) is 1.75. The molecule has 0 spiro atoms. The van der Waals surface area contributed by atoms with Crippen LogP contribution in [0.2, 0.25) is 0 Å². The molecule has 6 nitrogen and oxygen atoms in total. The van der Waals surface area contributed by atoms with Crippen LogP contribution in [-0.4, -0.2) is 29.8 Å². The molecule has 3 aromatic rings. The Morgan fingerprint density at radius 3 is 2.64 bits per heavy atom. The number of nitrogens with one attached hydrogen (secondary N) is 1. The molecule has 1 aliphatic rings. The van der Waals surface area contributed by atoms with E-state index in [9.17, 15) is 9.59 Å². The van der Waals surface area contributed by atoms with E-state index in [1.54, 1.807) is 19.1 Å². The molecule has 4 rings (SSSR count). The highest BCUT2D eigenvalue weighted by atomic mass is 16.5. The Morgan fingerprint density at radius 1 is 1.12 bits per heavy atom. The van der Waals surface area contributed by atoms with E-state index in [1.165, 1.54) is 5.56 Å². The van der Waals surface area contributed by atoms with Gasteiger partial charge >= 0.3 is 0 Å². The minimum Gasteiger partial charge on any atom is -0.486 e.